The lowest BCUT2D eigenvalue weighted by atomic mass is 9.85. The highest BCUT2D eigenvalue weighted by Crippen LogP contribution is 2.53. The number of aryl methyl sites for hydroxylation is 1. The Hall–Kier alpha value is -1.08. The highest BCUT2D eigenvalue weighted by Gasteiger charge is 2.55. The second-order valence-corrected chi connectivity index (χ2v) is 13.8. The van der Waals surface area contributed by atoms with Gasteiger partial charge in [-0.05, 0) is 38.9 Å². The van der Waals surface area contributed by atoms with Crippen LogP contribution in [0.5, 0.6) is 0 Å². The van der Waals surface area contributed by atoms with Gasteiger partial charge < -0.3 is 0 Å². The van der Waals surface area contributed by atoms with Crippen molar-refractivity contribution in [1.29, 1.82) is 0 Å². The summed E-state index contributed by atoms with van der Waals surface area (Å²) in [5.41, 5.74) is 4.54. The zero-order valence-electron chi connectivity index (χ0n) is 13.9. The zero-order chi connectivity index (χ0) is 14.9. The smallest absolute Gasteiger partial charge is 0.0680 e. The summed E-state index contributed by atoms with van der Waals surface area (Å²) in [6.07, 6.45) is 0. The average Bonchev–Trinajstić information content (AvgIpc) is 2.34. The summed E-state index contributed by atoms with van der Waals surface area (Å²) in [4.78, 5) is 0. The van der Waals surface area contributed by atoms with Crippen LogP contribution in [-0.4, -0.2) is 8.07 Å². The monoisotopic (exact) mass is 282 g/mol. The Kier molecular flexibility index (Phi) is 2.61. The lowest BCUT2D eigenvalue weighted by molar-refractivity contribution is 0.604. The van der Waals surface area contributed by atoms with Crippen LogP contribution in [0.15, 0.2) is 30.3 Å². The molecule has 0 bridgehead atoms. The molecule has 1 heterocycles. The van der Waals surface area contributed by atoms with Crippen molar-refractivity contribution in [3.8, 4) is 0 Å². The van der Waals surface area contributed by atoms with Gasteiger partial charge in [0, 0.05) is 0 Å². The zero-order valence-corrected chi connectivity index (χ0v) is 14.9. The quantitative estimate of drug-likeness (QED) is 0.559. The topological polar surface area (TPSA) is 0 Å². The summed E-state index contributed by atoms with van der Waals surface area (Å²) in [5.74, 6) is 0. The van der Waals surface area contributed by atoms with Crippen molar-refractivity contribution in [1.82, 2.24) is 0 Å². The van der Waals surface area contributed by atoms with Gasteiger partial charge in [0.25, 0.3) is 0 Å². The summed E-state index contributed by atoms with van der Waals surface area (Å²) in [6.45, 7) is 17.3. The number of benzene rings is 2. The van der Waals surface area contributed by atoms with E-state index in [4.69, 9.17) is 0 Å². The first-order valence-electron chi connectivity index (χ1n) is 7.65. The fraction of sp³-hybridized carbons (Fsp3) is 0.474. The van der Waals surface area contributed by atoms with Gasteiger partial charge in [0.1, 0.15) is 0 Å². The van der Waals surface area contributed by atoms with E-state index in [1.54, 1.807) is 11.1 Å². The Morgan fingerprint density at radius 2 is 1.45 bits per heavy atom. The fourth-order valence-electron chi connectivity index (χ4n) is 4.05. The predicted octanol–water partition coefficient (Wildman–Crippen LogP) is 5.50. The minimum Gasteiger partial charge on any atom is -0.0680 e. The second kappa shape index (κ2) is 3.76. The third-order valence-corrected chi connectivity index (χ3v) is 13.4. The molecule has 0 radical (unpaired) electrons. The van der Waals surface area contributed by atoms with E-state index in [0.717, 1.165) is 0 Å². The third kappa shape index (κ3) is 1.42. The molecular formula is C19H26Si. The summed E-state index contributed by atoms with van der Waals surface area (Å²) >= 11 is 0. The van der Waals surface area contributed by atoms with E-state index in [2.05, 4.69) is 78.0 Å². The van der Waals surface area contributed by atoms with Gasteiger partial charge in [-0.3, -0.25) is 0 Å². The maximum atomic E-state index is 2.57. The van der Waals surface area contributed by atoms with Crippen LogP contribution in [0.1, 0.15) is 44.4 Å². The molecule has 3 rings (SSSR count). The lowest BCUT2D eigenvalue weighted by Gasteiger charge is -2.55. The van der Waals surface area contributed by atoms with Gasteiger partial charge in [-0.2, -0.15) is 0 Å². The number of hydrogen-bond acceptors (Lipinski definition) is 0. The van der Waals surface area contributed by atoms with E-state index in [0.29, 0.717) is 10.1 Å². The molecule has 1 aliphatic rings. The first-order chi connectivity index (χ1) is 9.10. The minimum atomic E-state index is -1.50. The average molecular weight is 283 g/mol. The number of hydrogen-bond donors (Lipinski definition) is 0. The van der Waals surface area contributed by atoms with Crippen molar-refractivity contribution in [2.24, 2.45) is 0 Å². The van der Waals surface area contributed by atoms with Crippen molar-refractivity contribution in [3.63, 3.8) is 0 Å². The van der Waals surface area contributed by atoms with Crippen molar-refractivity contribution in [2.45, 2.75) is 57.8 Å². The molecule has 106 valence electrons. The molecule has 20 heavy (non-hydrogen) atoms. The normalized spacial score (nSPS) is 21.9. The first kappa shape index (κ1) is 13.9. The molecule has 2 aromatic carbocycles. The van der Waals surface area contributed by atoms with Gasteiger partial charge in [0.05, 0.1) is 8.07 Å². The summed E-state index contributed by atoms with van der Waals surface area (Å²) in [5, 5.41) is 3.55. The van der Waals surface area contributed by atoms with Crippen LogP contribution in [-0.2, 0) is 10.1 Å². The standard InChI is InChI=1S/C19H26Si/c1-13-11-14-9-8-10-15-17(14)16(12-13)19(4,5)20(6,7)18(15,2)3/h8-12H,1-7H3. The Bertz CT molecular complexity index is 705. The van der Waals surface area contributed by atoms with Gasteiger partial charge in [-0.1, -0.05) is 76.7 Å². The number of rotatable bonds is 0. The van der Waals surface area contributed by atoms with Crippen LogP contribution in [0.3, 0.4) is 0 Å². The molecule has 0 saturated heterocycles. The van der Waals surface area contributed by atoms with Gasteiger partial charge in [-0.25, -0.2) is 0 Å². The van der Waals surface area contributed by atoms with E-state index >= 15 is 0 Å². The van der Waals surface area contributed by atoms with Gasteiger partial charge in [0.2, 0.25) is 0 Å². The Morgan fingerprint density at radius 1 is 0.850 bits per heavy atom. The van der Waals surface area contributed by atoms with Crippen LogP contribution in [0.25, 0.3) is 10.8 Å². The summed E-state index contributed by atoms with van der Waals surface area (Å²) in [6, 6.07) is 11.7. The van der Waals surface area contributed by atoms with Crippen LogP contribution in [0.4, 0.5) is 0 Å². The molecule has 1 aliphatic heterocycles. The molecule has 0 aliphatic carbocycles. The van der Waals surface area contributed by atoms with E-state index in [9.17, 15) is 0 Å². The molecule has 0 saturated carbocycles. The van der Waals surface area contributed by atoms with Gasteiger partial charge in [-0.15, -0.1) is 0 Å². The molecule has 1 heteroatoms. The van der Waals surface area contributed by atoms with Gasteiger partial charge in [0.15, 0.2) is 0 Å². The van der Waals surface area contributed by atoms with Crippen molar-refractivity contribution < 1.29 is 0 Å². The van der Waals surface area contributed by atoms with Crippen molar-refractivity contribution in [2.75, 3.05) is 0 Å². The fourth-order valence-corrected chi connectivity index (χ4v) is 7.36. The molecule has 0 nitrogen and oxygen atoms in total. The molecule has 0 atom stereocenters. The molecule has 0 N–H and O–H groups in total. The van der Waals surface area contributed by atoms with E-state index in [-0.39, 0.29) is 0 Å². The van der Waals surface area contributed by atoms with Crippen LogP contribution < -0.4 is 0 Å². The van der Waals surface area contributed by atoms with Crippen molar-refractivity contribution in [3.05, 3.63) is 47.0 Å². The van der Waals surface area contributed by atoms with Crippen LogP contribution in [0, 0.1) is 6.92 Å². The summed E-state index contributed by atoms with van der Waals surface area (Å²) in [7, 11) is -1.50. The molecular weight excluding hydrogens is 256 g/mol. The lowest BCUT2D eigenvalue weighted by Crippen LogP contribution is -2.62. The summed E-state index contributed by atoms with van der Waals surface area (Å²) < 4.78 is 0. The predicted molar refractivity (Wildman–Crippen MR) is 92.2 cm³/mol. The molecule has 2 aromatic rings. The van der Waals surface area contributed by atoms with E-state index < -0.39 is 8.07 Å². The minimum absolute atomic E-state index is 0.301. The van der Waals surface area contributed by atoms with E-state index in [1.807, 2.05) is 0 Å². The second-order valence-electron chi connectivity index (χ2n) is 8.09. The maximum absolute atomic E-state index is 2.57. The third-order valence-electron chi connectivity index (χ3n) is 6.59. The Labute approximate surface area is 124 Å². The maximum Gasteiger partial charge on any atom is 0.0683 e. The molecule has 0 unspecified atom stereocenters. The van der Waals surface area contributed by atoms with Crippen molar-refractivity contribution >= 4 is 18.8 Å². The molecule has 0 aromatic heterocycles. The van der Waals surface area contributed by atoms with Crippen LogP contribution >= 0.6 is 0 Å². The SMILES string of the molecule is Cc1cc2c3c(cccc3c1)C(C)(C)[Si](C)(C)C2(C)C. The first-order valence-corrected chi connectivity index (χ1v) is 10.6. The highest BCUT2D eigenvalue weighted by atomic mass is 28.3. The molecule has 0 amide bonds. The Morgan fingerprint density at radius 3 is 2.10 bits per heavy atom. The molecule has 0 spiro atoms. The van der Waals surface area contributed by atoms with Gasteiger partial charge >= 0.3 is 0 Å². The Balaban J connectivity index is 2.57. The van der Waals surface area contributed by atoms with E-state index in [1.165, 1.54) is 16.3 Å². The largest absolute Gasteiger partial charge is 0.0683 e. The highest BCUT2D eigenvalue weighted by molar-refractivity contribution is 6.83. The molecule has 0 fully saturated rings. The van der Waals surface area contributed by atoms with Crippen LogP contribution in [0.2, 0.25) is 13.1 Å².